The second-order valence-corrected chi connectivity index (χ2v) is 8.16. The molecule has 1 aromatic carbocycles. The third-order valence-electron chi connectivity index (χ3n) is 5.40. The molecule has 1 unspecified atom stereocenters. The fraction of sp³-hybridized carbons (Fsp3) is 0.500. The van der Waals surface area contributed by atoms with Crippen LogP contribution in [0.3, 0.4) is 0 Å². The zero-order valence-electron chi connectivity index (χ0n) is 17.7. The van der Waals surface area contributed by atoms with Crippen LogP contribution in [0.25, 0.3) is 0 Å². The summed E-state index contributed by atoms with van der Waals surface area (Å²) in [6, 6.07) is 8.21. The molecule has 2 aromatic rings. The van der Waals surface area contributed by atoms with Crippen molar-refractivity contribution in [3.63, 3.8) is 0 Å². The van der Waals surface area contributed by atoms with E-state index in [4.69, 9.17) is 4.74 Å². The molecule has 0 spiro atoms. The number of hydrogen-bond donors (Lipinski definition) is 1. The van der Waals surface area contributed by atoms with E-state index in [1.807, 2.05) is 38.3 Å². The number of rotatable bonds is 7. The molecule has 1 amide bonds. The Morgan fingerprint density at radius 3 is 2.69 bits per heavy atom. The first-order valence-electron chi connectivity index (χ1n) is 10.1. The summed E-state index contributed by atoms with van der Waals surface area (Å²) in [4.78, 5) is 23.9. The van der Waals surface area contributed by atoms with Gasteiger partial charge in [0.25, 0.3) is 0 Å². The lowest BCUT2D eigenvalue weighted by Crippen LogP contribution is -2.48. The maximum Gasteiger partial charge on any atom is 0.220 e. The third kappa shape index (κ3) is 5.41. The van der Waals surface area contributed by atoms with Crippen molar-refractivity contribution in [1.29, 1.82) is 0 Å². The van der Waals surface area contributed by atoms with Gasteiger partial charge in [-0.2, -0.15) is 0 Å². The molecule has 156 valence electrons. The summed E-state index contributed by atoms with van der Waals surface area (Å²) < 4.78 is 5.50. The molecule has 0 radical (unpaired) electrons. The van der Waals surface area contributed by atoms with Crippen LogP contribution in [0, 0.1) is 13.8 Å². The largest absolute Gasteiger partial charge is 0.495 e. The van der Waals surface area contributed by atoms with Crippen molar-refractivity contribution in [3.8, 4) is 5.75 Å². The van der Waals surface area contributed by atoms with Crippen LogP contribution in [0.15, 0.2) is 29.4 Å². The van der Waals surface area contributed by atoms with Gasteiger partial charge in [-0.1, -0.05) is 23.9 Å². The van der Waals surface area contributed by atoms with Crippen LogP contribution in [0.5, 0.6) is 5.75 Å². The number of amides is 1. The number of hydrogen-bond acceptors (Lipinski definition) is 6. The molecule has 0 bridgehead atoms. The first-order chi connectivity index (χ1) is 14.0. The molecular formula is C22H30N4O2S. The zero-order chi connectivity index (χ0) is 20.8. The topological polar surface area (TPSA) is 67.3 Å². The van der Waals surface area contributed by atoms with Crippen LogP contribution >= 0.6 is 11.8 Å². The van der Waals surface area contributed by atoms with Gasteiger partial charge in [-0.25, -0.2) is 9.97 Å². The third-order valence-corrected chi connectivity index (χ3v) is 5.94. The summed E-state index contributed by atoms with van der Waals surface area (Å²) in [5.74, 6) is 0.962. The number of aromatic nitrogens is 2. The molecule has 1 aliphatic heterocycles. The molecule has 1 atom stereocenters. The number of piperidine rings is 1. The van der Waals surface area contributed by atoms with Crippen LogP contribution in [0.4, 0.5) is 5.69 Å². The minimum atomic E-state index is 0.0876. The first kappa shape index (κ1) is 21.4. The molecule has 1 aliphatic rings. The van der Waals surface area contributed by atoms with Gasteiger partial charge in [-0.3, -0.25) is 4.79 Å². The molecule has 1 aromatic heterocycles. The molecular weight excluding hydrogens is 384 g/mol. The average molecular weight is 415 g/mol. The SMILES string of the molecule is COc1ccccc1N1CCCC(NC(=O)CCc2c(C)nc(SC)nc2C)C1. The van der Waals surface area contributed by atoms with Crippen LogP contribution in [-0.4, -0.2) is 48.4 Å². The van der Waals surface area contributed by atoms with Gasteiger partial charge in [0.15, 0.2) is 5.16 Å². The standard InChI is InChI=1S/C22H30N4O2S/c1-15-18(16(2)24-22(23-15)29-4)11-12-21(27)25-17-8-7-13-26(14-17)19-9-5-6-10-20(19)28-3/h5-6,9-10,17H,7-8,11-14H2,1-4H3,(H,25,27). The number of carbonyl (C=O) groups is 1. The van der Waals surface area contributed by atoms with E-state index in [9.17, 15) is 4.79 Å². The van der Waals surface area contributed by atoms with E-state index < -0.39 is 0 Å². The smallest absolute Gasteiger partial charge is 0.220 e. The zero-order valence-corrected chi connectivity index (χ0v) is 18.5. The second-order valence-electron chi connectivity index (χ2n) is 7.38. The summed E-state index contributed by atoms with van der Waals surface area (Å²) >= 11 is 1.54. The Morgan fingerprint density at radius 1 is 1.28 bits per heavy atom. The number of para-hydroxylation sites is 2. The van der Waals surface area contributed by atoms with Gasteiger partial charge in [0.05, 0.1) is 12.8 Å². The van der Waals surface area contributed by atoms with E-state index in [1.165, 1.54) is 11.8 Å². The minimum Gasteiger partial charge on any atom is -0.495 e. The van der Waals surface area contributed by atoms with Gasteiger partial charge in [0.1, 0.15) is 5.75 Å². The van der Waals surface area contributed by atoms with Gasteiger partial charge in [0.2, 0.25) is 5.91 Å². The molecule has 1 N–H and O–H groups in total. The number of carbonyl (C=O) groups excluding carboxylic acids is 1. The van der Waals surface area contributed by atoms with Crippen molar-refractivity contribution in [2.75, 3.05) is 31.4 Å². The van der Waals surface area contributed by atoms with Gasteiger partial charge in [0, 0.05) is 36.9 Å². The van der Waals surface area contributed by atoms with E-state index in [2.05, 4.69) is 26.3 Å². The lowest BCUT2D eigenvalue weighted by molar-refractivity contribution is -0.121. The molecule has 7 heteroatoms. The lowest BCUT2D eigenvalue weighted by Gasteiger charge is -2.35. The van der Waals surface area contributed by atoms with E-state index >= 15 is 0 Å². The highest BCUT2D eigenvalue weighted by Crippen LogP contribution is 2.30. The van der Waals surface area contributed by atoms with Gasteiger partial charge < -0.3 is 15.0 Å². The molecule has 2 heterocycles. The van der Waals surface area contributed by atoms with Gasteiger partial charge >= 0.3 is 0 Å². The van der Waals surface area contributed by atoms with Crippen LogP contribution in [-0.2, 0) is 11.2 Å². The number of methoxy groups -OCH3 is 1. The maximum absolute atomic E-state index is 12.6. The van der Waals surface area contributed by atoms with Crippen molar-refractivity contribution in [2.45, 2.75) is 50.7 Å². The summed E-state index contributed by atoms with van der Waals surface area (Å²) in [5, 5.41) is 4.01. The number of thioether (sulfide) groups is 1. The molecule has 0 saturated carbocycles. The van der Waals surface area contributed by atoms with Crippen LogP contribution in [0.2, 0.25) is 0 Å². The fourth-order valence-electron chi connectivity index (χ4n) is 3.90. The summed E-state index contributed by atoms with van der Waals surface area (Å²) in [7, 11) is 1.70. The Kier molecular flexibility index (Phi) is 7.36. The van der Waals surface area contributed by atoms with Gasteiger partial charge in [-0.05, 0) is 57.1 Å². The maximum atomic E-state index is 12.6. The number of anilines is 1. The molecule has 3 rings (SSSR count). The summed E-state index contributed by atoms with van der Waals surface area (Å²) in [6.07, 6.45) is 5.14. The summed E-state index contributed by atoms with van der Waals surface area (Å²) in [5.41, 5.74) is 4.10. The van der Waals surface area contributed by atoms with E-state index in [-0.39, 0.29) is 11.9 Å². The number of nitrogens with one attached hydrogen (secondary N) is 1. The van der Waals surface area contributed by atoms with Crippen molar-refractivity contribution in [2.24, 2.45) is 0 Å². The number of ether oxygens (including phenoxy) is 1. The van der Waals surface area contributed by atoms with E-state index in [0.717, 1.165) is 59.5 Å². The Labute approximate surface area is 177 Å². The number of benzene rings is 1. The van der Waals surface area contributed by atoms with Crippen molar-refractivity contribution in [3.05, 3.63) is 41.2 Å². The number of nitrogens with zero attached hydrogens (tertiary/aromatic N) is 3. The molecule has 1 fully saturated rings. The highest BCUT2D eigenvalue weighted by Gasteiger charge is 2.23. The lowest BCUT2D eigenvalue weighted by atomic mass is 10.0. The summed E-state index contributed by atoms with van der Waals surface area (Å²) in [6.45, 7) is 5.77. The highest BCUT2D eigenvalue weighted by molar-refractivity contribution is 7.98. The normalized spacial score (nSPS) is 16.6. The Balaban J connectivity index is 1.57. The Morgan fingerprint density at radius 2 is 2.00 bits per heavy atom. The molecule has 6 nitrogen and oxygen atoms in total. The average Bonchev–Trinajstić information content (AvgIpc) is 2.73. The monoisotopic (exact) mass is 414 g/mol. The quantitative estimate of drug-likeness (QED) is 0.552. The van der Waals surface area contributed by atoms with Crippen LogP contribution in [0.1, 0.15) is 36.2 Å². The van der Waals surface area contributed by atoms with E-state index in [1.54, 1.807) is 7.11 Å². The minimum absolute atomic E-state index is 0.0876. The predicted octanol–water partition coefficient (Wildman–Crippen LogP) is 3.54. The van der Waals surface area contributed by atoms with E-state index in [0.29, 0.717) is 12.8 Å². The van der Waals surface area contributed by atoms with Gasteiger partial charge in [-0.15, -0.1) is 0 Å². The first-order valence-corrected chi connectivity index (χ1v) is 11.3. The van der Waals surface area contributed by atoms with Crippen molar-refractivity contribution >= 4 is 23.4 Å². The van der Waals surface area contributed by atoms with Crippen LogP contribution < -0.4 is 15.0 Å². The Hall–Kier alpha value is -2.28. The molecule has 29 heavy (non-hydrogen) atoms. The highest BCUT2D eigenvalue weighted by atomic mass is 32.2. The molecule has 0 aliphatic carbocycles. The fourth-order valence-corrected chi connectivity index (χ4v) is 4.36. The predicted molar refractivity (Wildman–Crippen MR) is 118 cm³/mol. The second kappa shape index (κ2) is 9.96. The molecule has 1 saturated heterocycles. The Bertz CT molecular complexity index is 835. The van der Waals surface area contributed by atoms with Crippen molar-refractivity contribution < 1.29 is 9.53 Å². The number of aryl methyl sites for hydroxylation is 2. The van der Waals surface area contributed by atoms with Crippen molar-refractivity contribution in [1.82, 2.24) is 15.3 Å².